The van der Waals surface area contributed by atoms with Crippen molar-refractivity contribution in [1.29, 1.82) is 0 Å². The SMILES string of the molecule is CN1c2ccc([N+](=O)[O-])cc2C[C@]2(C(=O)NC(=O)N(c3ccc(Br)cc3)C2=O)[C@@H]1c1ccccc1. The first-order valence-electron chi connectivity index (χ1n) is 10.7. The quantitative estimate of drug-likeness (QED) is 0.303. The fourth-order valence-corrected chi connectivity index (χ4v) is 5.32. The molecule has 0 aliphatic carbocycles. The topological polar surface area (TPSA) is 113 Å². The zero-order valence-electron chi connectivity index (χ0n) is 18.5. The summed E-state index contributed by atoms with van der Waals surface area (Å²) in [5.74, 6) is -1.43. The molecule has 0 aromatic heterocycles. The van der Waals surface area contributed by atoms with Crippen LogP contribution in [0.15, 0.2) is 77.3 Å². The van der Waals surface area contributed by atoms with E-state index in [2.05, 4.69) is 21.2 Å². The van der Waals surface area contributed by atoms with Crippen LogP contribution in [0.3, 0.4) is 0 Å². The number of carbonyl (C=O) groups is 3. The molecule has 3 aromatic rings. The molecular weight excluding hydrogens is 516 g/mol. The van der Waals surface area contributed by atoms with Crippen LogP contribution in [0.5, 0.6) is 0 Å². The predicted molar refractivity (Wildman–Crippen MR) is 132 cm³/mol. The number of barbiturate groups is 1. The third kappa shape index (κ3) is 3.48. The maximum absolute atomic E-state index is 14.2. The van der Waals surface area contributed by atoms with Gasteiger partial charge in [-0.2, -0.15) is 0 Å². The number of hydrogen-bond acceptors (Lipinski definition) is 6. The lowest BCUT2D eigenvalue weighted by molar-refractivity contribution is -0.384. The minimum atomic E-state index is -1.75. The number of fused-ring (bicyclic) bond motifs is 1. The van der Waals surface area contributed by atoms with Crippen LogP contribution in [0, 0.1) is 15.5 Å². The molecule has 176 valence electrons. The summed E-state index contributed by atoms with van der Waals surface area (Å²) in [6.45, 7) is 0. The first kappa shape index (κ1) is 22.7. The molecule has 0 saturated carbocycles. The minimum Gasteiger partial charge on any atom is -0.366 e. The van der Waals surface area contributed by atoms with Crippen molar-refractivity contribution in [2.75, 3.05) is 16.8 Å². The number of imide groups is 2. The number of nitro groups is 1. The Hall–Kier alpha value is -4.05. The Labute approximate surface area is 208 Å². The Kier molecular flexibility index (Phi) is 5.40. The summed E-state index contributed by atoms with van der Waals surface area (Å²) in [7, 11) is 1.74. The second kappa shape index (κ2) is 8.31. The van der Waals surface area contributed by atoms with Gasteiger partial charge in [0.05, 0.1) is 16.7 Å². The van der Waals surface area contributed by atoms with Crippen molar-refractivity contribution >= 4 is 50.8 Å². The highest BCUT2D eigenvalue weighted by Gasteiger charge is 2.62. The number of benzene rings is 3. The number of urea groups is 1. The highest BCUT2D eigenvalue weighted by Crippen LogP contribution is 2.52. The van der Waals surface area contributed by atoms with Crippen LogP contribution >= 0.6 is 15.9 Å². The predicted octanol–water partition coefficient (Wildman–Crippen LogP) is 4.36. The third-order valence-corrected chi connectivity index (χ3v) is 7.12. The van der Waals surface area contributed by atoms with E-state index >= 15 is 0 Å². The maximum Gasteiger partial charge on any atom is 0.335 e. The Balaban J connectivity index is 1.74. The van der Waals surface area contributed by atoms with Gasteiger partial charge in [0, 0.05) is 35.8 Å². The monoisotopic (exact) mass is 534 g/mol. The van der Waals surface area contributed by atoms with Crippen LogP contribution < -0.4 is 15.1 Å². The highest BCUT2D eigenvalue weighted by atomic mass is 79.9. The number of halogens is 1. The molecule has 3 aromatic carbocycles. The van der Waals surface area contributed by atoms with E-state index in [1.165, 1.54) is 12.1 Å². The van der Waals surface area contributed by atoms with E-state index in [9.17, 15) is 24.5 Å². The number of anilines is 2. The Bertz CT molecular complexity index is 1380. The van der Waals surface area contributed by atoms with Crippen LogP contribution in [-0.2, 0) is 16.0 Å². The lowest BCUT2D eigenvalue weighted by Gasteiger charge is -2.50. The lowest BCUT2D eigenvalue weighted by Crippen LogP contribution is -2.69. The summed E-state index contributed by atoms with van der Waals surface area (Å²) in [4.78, 5) is 54.5. The number of hydrogen-bond donors (Lipinski definition) is 1. The summed E-state index contributed by atoms with van der Waals surface area (Å²) in [5.41, 5.74) is 0.258. The smallest absolute Gasteiger partial charge is 0.335 e. The van der Waals surface area contributed by atoms with Crippen molar-refractivity contribution in [3.05, 3.63) is 98.5 Å². The maximum atomic E-state index is 14.2. The molecule has 0 radical (unpaired) electrons. The van der Waals surface area contributed by atoms with Crippen LogP contribution in [-0.4, -0.2) is 29.8 Å². The van der Waals surface area contributed by atoms with Crippen molar-refractivity contribution in [2.24, 2.45) is 5.41 Å². The van der Waals surface area contributed by atoms with Gasteiger partial charge in [-0.3, -0.25) is 25.0 Å². The Morgan fingerprint density at radius 3 is 2.37 bits per heavy atom. The Morgan fingerprint density at radius 1 is 1.03 bits per heavy atom. The van der Waals surface area contributed by atoms with Crippen molar-refractivity contribution in [3.8, 4) is 0 Å². The number of rotatable bonds is 3. The van der Waals surface area contributed by atoms with Gasteiger partial charge in [0.15, 0.2) is 5.41 Å². The molecule has 5 rings (SSSR count). The molecule has 2 aliphatic heterocycles. The van der Waals surface area contributed by atoms with E-state index in [1.54, 1.807) is 42.3 Å². The average molecular weight is 535 g/mol. The van der Waals surface area contributed by atoms with Gasteiger partial charge in [0.2, 0.25) is 5.91 Å². The van der Waals surface area contributed by atoms with Gasteiger partial charge in [-0.05, 0) is 41.5 Å². The minimum absolute atomic E-state index is 0.112. The third-order valence-electron chi connectivity index (χ3n) is 6.59. The normalized spacial score (nSPS) is 21.7. The average Bonchev–Trinajstić information content (AvgIpc) is 2.84. The van der Waals surface area contributed by atoms with Crippen LogP contribution in [0.2, 0.25) is 0 Å². The molecule has 1 N–H and O–H groups in total. The Morgan fingerprint density at radius 2 is 1.71 bits per heavy atom. The molecule has 0 bridgehead atoms. The van der Waals surface area contributed by atoms with Gasteiger partial charge in [-0.1, -0.05) is 46.3 Å². The largest absolute Gasteiger partial charge is 0.366 e. The van der Waals surface area contributed by atoms with E-state index in [0.29, 0.717) is 22.5 Å². The summed E-state index contributed by atoms with van der Waals surface area (Å²) in [5, 5.41) is 13.8. The second-order valence-electron chi connectivity index (χ2n) is 8.52. The van der Waals surface area contributed by atoms with Crippen molar-refractivity contribution in [1.82, 2.24) is 5.32 Å². The first-order chi connectivity index (χ1) is 16.7. The van der Waals surface area contributed by atoms with Gasteiger partial charge in [-0.25, -0.2) is 9.69 Å². The van der Waals surface area contributed by atoms with Gasteiger partial charge in [0.1, 0.15) is 0 Å². The summed E-state index contributed by atoms with van der Waals surface area (Å²) >= 11 is 3.34. The lowest BCUT2D eigenvalue weighted by atomic mass is 9.66. The second-order valence-corrected chi connectivity index (χ2v) is 9.43. The number of nitrogens with zero attached hydrogens (tertiary/aromatic N) is 3. The highest BCUT2D eigenvalue weighted by molar-refractivity contribution is 9.10. The van der Waals surface area contributed by atoms with Gasteiger partial charge in [-0.15, -0.1) is 0 Å². The van der Waals surface area contributed by atoms with Crippen molar-refractivity contribution in [3.63, 3.8) is 0 Å². The van der Waals surface area contributed by atoms with E-state index in [4.69, 9.17) is 0 Å². The fourth-order valence-electron chi connectivity index (χ4n) is 5.06. The molecule has 2 atom stereocenters. The molecule has 1 saturated heterocycles. The number of nitro benzene ring substituents is 1. The number of carbonyl (C=O) groups excluding carboxylic acids is 3. The standard InChI is InChI=1S/C25H19BrN4O5/c1-28-20-12-11-19(30(34)35)13-16(20)14-25(21(28)15-5-3-2-4-6-15)22(31)27-24(33)29(23(25)32)18-9-7-17(26)8-10-18/h2-13,21H,14H2,1H3,(H,27,31,33)/t21-,25+/m0/s1. The zero-order chi connectivity index (χ0) is 24.9. The molecule has 9 nitrogen and oxygen atoms in total. The van der Waals surface area contributed by atoms with Gasteiger partial charge < -0.3 is 4.90 Å². The molecule has 10 heteroatoms. The first-order valence-corrected chi connectivity index (χ1v) is 11.5. The van der Waals surface area contributed by atoms with Crippen molar-refractivity contribution in [2.45, 2.75) is 12.5 Å². The molecule has 2 aliphatic rings. The fraction of sp³-hybridized carbons (Fsp3) is 0.160. The van der Waals surface area contributed by atoms with Crippen molar-refractivity contribution < 1.29 is 19.3 Å². The van der Waals surface area contributed by atoms with E-state index in [1.807, 2.05) is 30.3 Å². The molecule has 2 heterocycles. The van der Waals surface area contributed by atoms with Crippen LogP contribution in [0.4, 0.5) is 21.9 Å². The molecule has 1 spiro atoms. The van der Waals surface area contributed by atoms with E-state index < -0.39 is 34.2 Å². The van der Waals surface area contributed by atoms with Crippen LogP contribution in [0.25, 0.3) is 0 Å². The summed E-state index contributed by atoms with van der Waals surface area (Å²) < 4.78 is 0.762. The molecule has 1 fully saturated rings. The van der Waals surface area contributed by atoms with Gasteiger partial charge in [0.25, 0.3) is 11.6 Å². The zero-order valence-corrected chi connectivity index (χ0v) is 20.1. The van der Waals surface area contributed by atoms with Gasteiger partial charge >= 0.3 is 6.03 Å². The summed E-state index contributed by atoms with van der Waals surface area (Å²) in [6, 6.07) is 18.5. The van der Waals surface area contributed by atoms with Crippen LogP contribution in [0.1, 0.15) is 17.2 Å². The van der Waals surface area contributed by atoms with E-state index in [-0.39, 0.29) is 12.1 Å². The van der Waals surface area contributed by atoms with E-state index in [0.717, 1.165) is 9.37 Å². The summed E-state index contributed by atoms with van der Waals surface area (Å²) in [6.07, 6.45) is -0.112. The number of non-ortho nitro benzene ring substituents is 1. The molecule has 4 amide bonds. The molecule has 0 unspecified atom stereocenters. The number of nitrogens with one attached hydrogen (secondary N) is 1. The molecule has 35 heavy (non-hydrogen) atoms. The number of amides is 4. The molecular formula is C25H19BrN4O5.